The number of anilines is 2. The number of hydrogen-bond donors (Lipinski definition) is 1. The van der Waals surface area contributed by atoms with Crippen molar-refractivity contribution in [3.8, 4) is 28.5 Å². The van der Waals surface area contributed by atoms with E-state index in [1.807, 2.05) is 78.9 Å². The largest absolute Gasteiger partial charge is 0.347 e. The summed E-state index contributed by atoms with van der Waals surface area (Å²) in [5, 5.41) is 14.1. The number of nitrogens with zero attached hydrogens (tertiary/aromatic N) is 2. The van der Waals surface area contributed by atoms with Crippen LogP contribution in [0.3, 0.4) is 0 Å². The summed E-state index contributed by atoms with van der Waals surface area (Å²) in [5.41, 5.74) is 4.73. The zero-order valence-electron chi connectivity index (χ0n) is 13.9. The van der Waals surface area contributed by atoms with Crippen molar-refractivity contribution in [1.29, 1.82) is 5.26 Å². The Morgan fingerprint density at radius 2 is 1.50 bits per heavy atom. The fraction of sp³-hybridized carbons (Fsp3) is 0. The highest BCUT2D eigenvalue weighted by Crippen LogP contribution is 2.46. The third kappa shape index (κ3) is 3.08. The molecule has 0 bridgehead atoms. The minimum Gasteiger partial charge on any atom is -0.347 e. The van der Waals surface area contributed by atoms with Crippen LogP contribution in [0, 0.1) is 11.3 Å². The van der Waals surface area contributed by atoms with E-state index in [2.05, 4.69) is 16.4 Å². The molecule has 0 radical (unpaired) electrons. The van der Waals surface area contributed by atoms with E-state index in [0.29, 0.717) is 4.88 Å². The SMILES string of the molecule is N#Cc1sc(Nc2ccccc2)c(-c2ccccn2)c1-c1ccccc1. The van der Waals surface area contributed by atoms with Crippen LogP contribution >= 0.6 is 11.3 Å². The molecule has 0 atom stereocenters. The Hall–Kier alpha value is -3.42. The Morgan fingerprint density at radius 1 is 0.808 bits per heavy atom. The molecule has 2 heterocycles. The van der Waals surface area contributed by atoms with Crippen molar-refractivity contribution in [2.45, 2.75) is 0 Å². The number of nitriles is 1. The molecule has 0 aliphatic heterocycles. The second-order valence-corrected chi connectivity index (χ2v) is 6.71. The van der Waals surface area contributed by atoms with Gasteiger partial charge in [0.1, 0.15) is 15.9 Å². The van der Waals surface area contributed by atoms with Crippen molar-refractivity contribution in [1.82, 2.24) is 4.98 Å². The summed E-state index contributed by atoms with van der Waals surface area (Å²) in [6.07, 6.45) is 1.78. The zero-order valence-corrected chi connectivity index (χ0v) is 14.7. The van der Waals surface area contributed by atoms with Gasteiger partial charge in [0.15, 0.2) is 0 Å². The van der Waals surface area contributed by atoms with Gasteiger partial charge in [0.2, 0.25) is 0 Å². The highest BCUT2D eigenvalue weighted by Gasteiger charge is 2.22. The van der Waals surface area contributed by atoms with E-state index in [0.717, 1.165) is 33.1 Å². The molecule has 0 unspecified atom stereocenters. The van der Waals surface area contributed by atoms with E-state index in [1.54, 1.807) is 6.20 Å². The van der Waals surface area contributed by atoms with Crippen LogP contribution in [0.15, 0.2) is 85.1 Å². The molecule has 0 saturated carbocycles. The number of pyridine rings is 1. The molecule has 4 rings (SSSR count). The molecule has 2 aromatic heterocycles. The molecule has 0 aliphatic rings. The van der Waals surface area contributed by atoms with Crippen molar-refractivity contribution in [3.63, 3.8) is 0 Å². The predicted octanol–water partition coefficient (Wildman–Crippen LogP) is 6.09. The van der Waals surface area contributed by atoms with Crippen molar-refractivity contribution in [3.05, 3.63) is 89.9 Å². The summed E-state index contributed by atoms with van der Waals surface area (Å²) < 4.78 is 0. The second kappa shape index (κ2) is 7.22. The zero-order chi connectivity index (χ0) is 17.8. The van der Waals surface area contributed by atoms with Gasteiger partial charge >= 0.3 is 0 Å². The van der Waals surface area contributed by atoms with Gasteiger partial charge in [-0.15, -0.1) is 11.3 Å². The van der Waals surface area contributed by atoms with Gasteiger partial charge in [-0.1, -0.05) is 54.6 Å². The first-order valence-corrected chi connectivity index (χ1v) is 9.04. The predicted molar refractivity (Wildman–Crippen MR) is 107 cm³/mol. The second-order valence-electron chi connectivity index (χ2n) is 5.69. The fourth-order valence-corrected chi connectivity index (χ4v) is 3.94. The van der Waals surface area contributed by atoms with Crippen LogP contribution in [0.1, 0.15) is 4.88 Å². The van der Waals surface area contributed by atoms with Crippen LogP contribution < -0.4 is 5.32 Å². The van der Waals surface area contributed by atoms with E-state index in [-0.39, 0.29) is 0 Å². The third-order valence-corrected chi connectivity index (χ3v) is 5.03. The maximum absolute atomic E-state index is 9.74. The van der Waals surface area contributed by atoms with Crippen LogP contribution in [0.5, 0.6) is 0 Å². The molecule has 3 nitrogen and oxygen atoms in total. The van der Waals surface area contributed by atoms with Crippen LogP contribution in [0.2, 0.25) is 0 Å². The molecular formula is C22H15N3S. The lowest BCUT2D eigenvalue weighted by Gasteiger charge is -2.10. The summed E-state index contributed by atoms with van der Waals surface area (Å²) in [6.45, 7) is 0. The number of nitrogens with one attached hydrogen (secondary N) is 1. The van der Waals surface area contributed by atoms with Gasteiger partial charge in [-0.2, -0.15) is 5.26 Å². The van der Waals surface area contributed by atoms with E-state index in [9.17, 15) is 5.26 Å². The van der Waals surface area contributed by atoms with E-state index >= 15 is 0 Å². The third-order valence-electron chi connectivity index (χ3n) is 4.02. The first-order valence-electron chi connectivity index (χ1n) is 8.22. The summed E-state index contributed by atoms with van der Waals surface area (Å²) in [7, 11) is 0. The van der Waals surface area contributed by atoms with Crippen LogP contribution in [-0.4, -0.2) is 4.98 Å². The molecule has 0 amide bonds. The van der Waals surface area contributed by atoms with Gasteiger partial charge in [0.25, 0.3) is 0 Å². The molecule has 124 valence electrons. The molecule has 0 fully saturated rings. The van der Waals surface area contributed by atoms with E-state index in [4.69, 9.17) is 0 Å². The first-order chi connectivity index (χ1) is 12.9. The van der Waals surface area contributed by atoms with Crippen molar-refractivity contribution in [2.24, 2.45) is 0 Å². The molecule has 2 aromatic carbocycles. The van der Waals surface area contributed by atoms with Crippen molar-refractivity contribution < 1.29 is 0 Å². The van der Waals surface area contributed by atoms with Crippen LogP contribution in [-0.2, 0) is 0 Å². The Bertz CT molecular complexity index is 1050. The summed E-state index contributed by atoms with van der Waals surface area (Å²) in [6, 6.07) is 28.2. The Kier molecular flexibility index (Phi) is 4.46. The molecule has 26 heavy (non-hydrogen) atoms. The topological polar surface area (TPSA) is 48.7 Å². The summed E-state index contributed by atoms with van der Waals surface area (Å²) in [5.74, 6) is 0. The van der Waals surface area contributed by atoms with Gasteiger partial charge in [0, 0.05) is 23.0 Å². The summed E-state index contributed by atoms with van der Waals surface area (Å²) >= 11 is 1.46. The van der Waals surface area contributed by atoms with Gasteiger partial charge in [-0.05, 0) is 29.8 Å². The van der Waals surface area contributed by atoms with Crippen molar-refractivity contribution >= 4 is 22.0 Å². The lowest BCUT2D eigenvalue weighted by Crippen LogP contribution is -1.92. The number of thiophene rings is 1. The standard InChI is InChI=1S/C22H15N3S/c23-15-19-20(16-9-3-1-4-10-16)21(18-13-7-8-14-24-18)22(26-19)25-17-11-5-2-6-12-17/h1-14,25H. The monoisotopic (exact) mass is 353 g/mol. The Labute approximate surface area is 156 Å². The molecule has 0 spiro atoms. The Balaban J connectivity index is 1.95. The number of benzene rings is 2. The Morgan fingerprint density at radius 3 is 2.15 bits per heavy atom. The fourth-order valence-electron chi connectivity index (χ4n) is 2.89. The highest BCUT2D eigenvalue weighted by atomic mass is 32.1. The van der Waals surface area contributed by atoms with Crippen LogP contribution in [0.4, 0.5) is 10.7 Å². The minimum atomic E-state index is 0.676. The lowest BCUT2D eigenvalue weighted by molar-refractivity contribution is 1.33. The highest BCUT2D eigenvalue weighted by molar-refractivity contribution is 7.18. The maximum atomic E-state index is 9.74. The molecule has 4 aromatic rings. The van der Waals surface area contributed by atoms with E-state index in [1.165, 1.54) is 11.3 Å². The summed E-state index contributed by atoms with van der Waals surface area (Å²) in [4.78, 5) is 5.22. The van der Waals surface area contributed by atoms with Gasteiger partial charge in [0.05, 0.1) is 5.69 Å². The number of para-hydroxylation sites is 1. The first kappa shape index (κ1) is 16.1. The lowest BCUT2D eigenvalue weighted by atomic mass is 9.99. The average Bonchev–Trinajstić information content (AvgIpc) is 3.08. The molecule has 4 heteroatoms. The molecular weight excluding hydrogens is 338 g/mol. The smallest absolute Gasteiger partial charge is 0.115 e. The maximum Gasteiger partial charge on any atom is 0.115 e. The normalized spacial score (nSPS) is 10.3. The molecule has 0 saturated heterocycles. The van der Waals surface area contributed by atoms with E-state index < -0.39 is 0 Å². The van der Waals surface area contributed by atoms with Crippen LogP contribution in [0.25, 0.3) is 22.4 Å². The molecule has 1 N–H and O–H groups in total. The van der Waals surface area contributed by atoms with Gasteiger partial charge in [-0.25, -0.2) is 0 Å². The number of aromatic nitrogens is 1. The van der Waals surface area contributed by atoms with Gasteiger partial charge < -0.3 is 5.32 Å². The average molecular weight is 353 g/mol. The van der Waals surface area contributed by atoms with Gasteiger partial charge in [-0.3, -0.25) is 4.98 Å². The quantitative estimate of drug-likeness (QED) is 0.483. The number of hydrogen-bond acceptors (Lipinski definition) is 4. The molecule has 0 aliphatic carbocycles. The number of rotatable bonds is 4. The minimum absolute atomic E-state index is 0.676. The van der Waals surface area contributed by atoms with Crippen molar-refractivity contribution in [2.75, 3.05) is 5.32 Å².